The summed E-state index contributed by atoms with van der Waals surface area (Å²) in [4.78, 5) is 5.64. The molecule has 6 nitrogen and oxygen atoms in total. The van der Waals surface area contributed by atoms with Gasteiger partial charge in [0.25, 0.3) is 0 Å². The molecule has 0 saturated heterocycles. The molecule has 186 valence electrons. The fourth-order valence-corrected chi connectivity index (χ4v) is 4.81. The molecule has 0 amide bonds. The highest BCUT2D eigenvalue weighted by Gasteiger charge is 2.55. The van der Waals surface area contributed by atoms with Crippen molar-refractivity contribution < 1.29 is 24.2 Å². The van der Waals surface area contributed by atoms with E-state index in [-0.39, 0.29) is 0 Å². The van der Waals surface area contributed by atoms with Gasteiger partial charge in [-0.2, -0.15) is 0 Å². The fraction of sp³-hybridized carbons (Fsp3) is 0.300. The Labute approximate surface area is 211 Å². The maximum absolute atomic E-state index is 11.5. The lowest BCUT2D eigenvalue weighted by atomic mass is 9.76. The van der Waals surface area contributed by atoms with Gasteiger partial charge >= 0.3 is 0 Å². The van der Waals surface area contributed by atoms with Crippen molar-refractivity contribution in [3.63, 3.8) is 0 Å². The highest BCUT2D eigenvalue weighted by atomic mass is 16.7. The number of hydrogen-bond donors (Lipinski definition) is 1. The summed E-state index contributed by atoms with van der Waals surface area (Å²) >= 11 is 0. The largest absolute Gasteiger partial charge is 0.389 e. The molecule has 0 unspecified atom stereocenters. The van der Waals surface area contributed by atoms with Crippen molar-refractivity contribution in [3.05, 3.63) is 120 Å². The van der Waals surface area contributed by atoms with Crippen LogP contribution in [0.25, 0.3) is 0 Å². The Balaban J connectivity index is 1.44. The van der Waals surface area contributed by atoms with E-state index >= 15 is 0 Å². The number of aliphatic hydroxyl groups is 1. The van der Waals surface area contributed by atoms with Gasteiger partial charge in [-0.25, -0.2) is 0 Å². The number of ether oxygens (including phenoxy) is 3. The minimum Gasteiger partial charge on any atom is -0.389 e. The lowest BCUT2D eigenvalue weighted by Crippen LogP contribution is -2.62. The minimum absolute atomic E-state index is 0.331. The number of rotatable bonds is 10. The topological polar surface area (TPSA) is 69.5 Å². The Bertz CT molecular complexity index is 1140. The zero-order valence-corrected chi connectivity index (χ0v) is 20.1. The van der Waals surface area contributed by atoms with Crippen molar-refractivity contribution in [3.8, 4) is 0 Å². The first kappa shape index (κ1) is 24.4. The Kier molecular flexibility index (Phi) is 7.88. The van der Waals surface area contributed by atoms with Crippen LogP contribution in [-0.2, 0) is 38.9 Å². The summed E-state index contributed by atoms with van der Waals surface area (Å²) in [5.74, 6) is -0.430. The zero-order valence-electron chi connectivity index (χ0n) is 20.1. The SMILES string of the molecule is C=C[C@@H]1ON=C2[C@H]1[C@@H](O)[C@@H](OCc1ccccc1)[C@H](OCc1ccccc1)[C@H]2OCc1ccccc1. The number of benzene rings is 3. The second-order valence-corrected chi connectivity index (χ2v) is 9.08. The highest BCUT2D eigenvalue weighted by molar-refractivity contribution is 5.94. The van der Waals surface area contributed by atoms with Crippen LogP contribution in [0.15, 0.2) is 109 Å². The molecule has 3 aromatic carbocycles. The Morgan fingerprint density at radius 2 is 1.19 bits per heavy atom. The van der Waals surface area contributed by atoms with Gasteiger partial charge in [-0.15, -0.1) is 0 Å². The van der Waals surface area contributed by atoms with Crippen molar-refractivity contribution in [1.82, 2.24) is 0 Å². The minimum atomic E-state index is -0.907. The molecular formula is C30H31NO5. The molecule has 1 fully saturated rings. The molecule has 5 rings (SSSR count). The van der Waals surface area contributed by atoms with Crippen molar-refractivity contribution in [2.24, 2.45) is 11.1 Å². The molecule has 1 N–H and O–H groups in total. The molecule has 1 aliphatic heterocycles. The van der Waals surface area contributed by atoms with E-state index in [1.54, 1.807) is 6.08 Å². The first-order chi connectivity index (χ1) is 17.7. The van der Waals surface area contributed by atoms with Gasteiger partial charge in [0.1, 0.15) is 18.3 Å². The van der Waals surface area contributed by atoms with Crippen LogP contribution in [0.3, 0.4) is 0 Å². The van der Waals surface area contributed by atoms with Crippen LogP contribution >= 0.6 is 0 Å². The summed E-state index contributed by atoms with van der Waals surface area (Å²) < 4.78 is 19.3. The molecule has 3 aromatic rings. The molecule has 0 spiro atoms. The van der Waals surface area contributed by atoms with Crippen LogP contribution in [0.1, 0.15) is 16.7 Å². The molecule has 0 bridgehead atoms. The second-order valence-electron chi connectivity index (χ2n) is 9.08. The maximum atomic E-state index is 11.5. The molecular weight excluding hydrogens is 454 g/mol. The number of nitrogens with zero attached hydrogens (tertiary/aromatic N) is 1. The van der Waals surface area contributed by atoms with Crippen molar-refractivity contribution in [1.29, 1.82) is 0 Å². The van der Waals surface area contributed by atoms with E-state index in [4.69, 9.17) is 19.0 Å². The van der Waals surface area contributed by atoms with Gasteiger partial charge < -0.3 is 24.2 Å². The zero-order chi connectivity index (χ0) is 24.7. The first-order valence-electron chi connectivity index (χ1n) is 12.3. The van der Waals surface area contributed by atoms with Gasteiger partial charge in [0.2, 0.25) is 0 Å². The van der Waals surface area contributed by atoms with Gasteiger partial charge in [-0.05, 0) is 22.8 Å². The van der Waals surface area contributed by atoms with E-state index in [0.29, 0.717) is 25.5 Å². The Morgan fingerprint density at radius 3 is 1.69 bits per heavy atom. The molecule has 1 saturated carbocycles. The molecule has 2 aliphatic rings. The lowest BCUT2D eigenvalue weighted by Gasteiger charge is -2.43. The van der Waals surface area contributed by atoms with Crippen molar-refractivity contribution in [2.45, 2.75) is 50.3 Å². The van der Waals surface area contributed by atoms with Crippen LogP contribution in [0, 0.1) is 5.92 Å². The van der Waals surface area contributed by atoms with Crippen LogP contribution in [-0.4, -0.2) is 41.3 Å². The predicted octanol–water partition coefficient (Wildman–Crippen LogP) is 4.67. The third-order valence-corrected chi connectivity index (χ3v) is 6.67. The average molecular weight is 486 g/mol. The summed E-state index contributed by atoms with van der Waals surface area (Å²) in [5.41, 5.74) is 3.69. The van der Waals surface area contributed by atoms with Crippen molar-refractivity contribution in [2.75, 3.05) is 0 Å². The number of aliphatic hydroxyl groups excluding tert-OH is 1. The number of fused-ring (bicyclic) bond motifs is 1. The summed E-state index contributed by atoms with van der Waals surface area (Å²) in [6, 6.07) is 29.8. The Morgan fingerprint density at radius 1 is 0.722 bits per heavy atom. The van der Waals surface area contributed by atoms with Crippen LogP contribution < -0.4 is 0 Å². The van der Waals surface area contributed by atoms with E-state index in [9.17, 15) is 5.11 Å². The van der Waals surface area contributed by atoms with Gasteiger partial charge in [0.15, 0.2) is 6.10 Å². The summed E-state index contributed by atoms with van der Waals surface area (Å²) in [5, 5.41) is 15.9. The fourth-order valence-electron chi connectivity index (χ4n) is 4.81. The summed E-state index contributed by atoms with van der Waals surface area (Å²) in [7, 11) is 0. The van der Waals surface area contributed by atoms with Crippen LogP contribution in [0.5, 0.6) is 0 Å². The Hall–Kier alpha value is -3.29. The van der Waals surface area contributed by atoms with E-state index in [1.807, 2.05) is 91.0 Å². The van der Waals surface area contributed by atoms with E-state index in [2.05, 4.69) is 11.7 Å². The first-order valence-corrected chi connectivity index (χ1v) is 12.3. The molecule has 1 aliphatic carbocycles. The third-order valence-electron chi connectivity index (χ3n) is 6.67. The van der Waals surface area contributed by atoms with Gasteiger partial charge in [-0.3, -0.25) is 0 Å². The third kappa shape index (κ3) is 5.42. The highest BCUT2D eigenvalue weighted by Crippen LogP contribution is 2.37. The number of hydrogen-bond acceptors (Lipinski definition) is 6. The molecule has 6 atom stereocenters. The van der Waals surface area contributed by atoms with Crippen LogP contribution in [0.2, 0.25) is 0 Å². The monoisotopic (exact) mass is 485 g/mol. The normalized spacial score (nSPS) is 27.1. The summed E-state index contributed by atoms with van der Waals surface area (Å²) in [6.07, 6.45) is -1.53. The second kappa shape index (κ2) is 11.6. The smallest absolute Gasteiger partial charge is 0.156 e. The molecule has 36 heavy (non-hydrogen) atoms. The lowest BCUT2D eigenvalue weighted by molar-refractivity contribution is -0.185. The summed E-state index contributed by atoms with van der Waals surface area (Å²) in [6.45, 7) is 4.92. The van der Waals surface area contributed by atoms with E-state index in [0.717, 1.165) is 16.7 Å². The van der Waals surface area contributed by atoms with E-state index < -0.39 is 36.4 Å². The standard InChI is InChI=1S/C30H31NO5/c1-2-24-25-26(31-36-24)28(33-18-21-12-6-3-7-13-21)30(35-20-23-16-10-5-11-17-23)29(27(25)32)34-19-22-14-8-4-9-15-22/h2-17,24-25,27-30,32H,1,18-20H2/t24-,25-,27+,28-,29+,30+/m0/s1. The van der Waals surface area contributed by atoms with E-state index in [1.165, 1.54) is 0 Å². The molecule has 0 aromatic heterocycles. The van der Waals surface area contributed by atoms with Gasteiger partial charge in [-0.1, -0.05) is 103 Å². The molecule has 0 radical (unpaired) electrons. The number of oxime groups is 1. The predicted molar refractivity (Wildman–Crippen MR) is 137 cm³/mol. The average Bonchev–Trinajstić information content (AvgIpc) is 3.37. The maximum Gasteiger partial charge on any atom is 0.156 e. The molecule has 6 heteroatoms. The molecule has 1 heterocycles. The van der Waals surface area contributed by atoms with Gasteiger partial charge in [0, 0.05) is 0 Å². The van der Waals surface area contributed by atoms with Crippen LogP contribution in [0.4, 0.5) is 0 Å². The quantitative estimate of drug-likeness (QED) is 0.423. The van der Waals surface area contributed by atoms with Crippen molar-refractivity contribution >= 4 is 5.71 Å². The van der Waals surface area contributed by atoms with Gasteiger partial charge in [0.05, 0.1) is 37.6 Å².